The van der Waals surface area contributed by atoms with E-state index in [0.29, 0.717) is 29.1 Å². The Balaban J connectivity index is 1.53. The minimum Gasteiger partial charge on any atom is -0.355 e. The standard InChI is InChI=1S/C30H30ClN3O4/c1-2-32-28(36)26(19-21-11-4-3-5-12-21)34(20-22-13-6-9-16-25(22)31)27(35)17-10-18-33-29(37)23-14-7-8-15-24(23)30(33)38/h3-9,11-16,26H,2,10,17-20H2,1H3,(H,32,36)/t26-/m1/s1. The first-order valence-electron chi connectivity index (χ1n) is 12.7. The number of imide groups is 1. The van der Waals surface area contributed by atoms with Gasteiger partial charge in [-0.25, -0.2) is 0 Å². The van der Waals surface area contributed by atoms with Gasteiger partial charge in [-0.15, -0.1) is 0 Å². The normalized spacial score (nSPS) is 13.3. The van der Waals surface area contributed by atoms with E-state index < -0.39 is 6.04 Å². The highest BCUT2D eigenvalue weighted by atomic mass is 35.5. The molecule has 1 heterocycles. The Morgan fingerprint density at radius 2 is 1.50 bits per heavy atom. The van der Waals surface area contributed by atoms with Crippen molar-refractivity contribution >= 4 is 35.2 Å². The first-order chi connectivity index (χ1) is 18.4. The second-order valence-corrected chi connectivity index (χ2v) is 9.53. The van der Waals surface area contributed by atoms with Crippen LogP contribution in [-0.4, -0.2) is 52.6 Å². The molecule has 0 unspecified atom stereocenters. The molecule has 0 saturated heterocycles. The van der Waals surface area contributed by atoms with Crippen LogP contribution in [-0.2, 0) is 22.6 Å². The largest absolute Gasteiger partial charge is 0.355 e. The van der Waals surface area contributed by atoms with Gasteiger partial charge in [-0.2, -0.15) is 0 Å². The fourth-order valence-corrected chi connectivity index (χ4v) is 4.83. The first-order valence-corrected chi connectivity index (χ1v) is 13.1. The van der Waals surface area contributed by atoms with E-state index in [0.717, 1.165) is 11.1 Å². The van der Waals surface area contributed by atoms with Crippen LogP contribution < -0.4 is 5.32 Å². The van der Waals surface area contributed by atoms with E-state index in [9.17, 15) is 19.2 Å². The van der Waals surface area contributed by atoms with E-state index in [1.807, 2.05) is 55.5 Å². The molecule has 7 nitrogen and oxygen atoms in total. The van der Waals surface area contributed by atoms with Crippen molar-refractivity contribution in [3.05, 3.63) is 106 Å². The number of carbonyl (C=O) groups excluding carboxylic acids is 4. The minimum absolute atomic E-state index is 0.0581. The maximum absolute atomic E-state index is 13.7. The zero-order chi connectivity index (χ0) is 27.1. The van der Waals surface area contributed by atoms with Gasteiger partial charge in [-0.3, -0.25) is 24.1 Å². The van der Waals surface area contributed by atoms with Crippen LogP contribution in [0.4, 0.5) is 0 Å². The summed E-state index contributed by atoms with van der Waals surface area (Å²) in [4.78, 5) is 55.1. The number of hydrogen-bond donors (Lipinski definition) is 1. The van der Waals surface area contributed by atoms with E-state index >= 15 is 0 Å². The summed E-state index contributed by atoms with van der Waals surface area (Å²) < 4.78 is 0. The summed E-state index contributed by atoms with van der Waals surface area (Å²) in [6, 6.07) is 22.7. The SMILES string of the molecule is CCNC(=O)[C@@H](Cc1ccccc1)N(Cc1ccccc1Cl)C(=O)CCCN1C(=O)c2ccccc2C1=O. The van der Waals surface area contributed by atoms with Crippen LogP contribution >= 0.6 is 11.6 Å². The van der Waals surface area contributed by atoms with Crippen molar-refractivity contribution < 1.29 is 19.2 Å². The van der Waals surface area contributed by atoms with Gasteiger partial charge in [0.2, 0.25) is 11.8 Å². The van der Waals surface area contributed by atoms with Gasteiger partial charge in [-0.1, -0.05) is 72.3 Å². The number of benzene rings is 3. The first kappa shape index (κ1) is 27.1. The smallest absolute Gasteiger partial charge is 0.261 e. The maximum Gasteiger partial charge on any atom is 0.261 e. The van der Waals surface area contributed by atoms with Crippen molar-refractivity contribution in [2.45, 2.75) is 38.8 Å². The number of nitrogens with zero attached hydrogens (tertiary/aromatic N) is 2. The topological polar surface area (TPSA) is 86.8 Å². The number of likely N-dealkylation sites (N-methyl/N-ethyl adjacent to an activating group) is 1. The van der Waals surface area contributed by atoms with Crippen LogP contribution in [0.25, 0.3) is 0 Å². The Morgan fingerprint density at radius 1 is 0.895 bits per heavy atom. The number of fused-ring (bicyclic) bond motifs is 1. The molecule has 1 aliphatic rings. The van der Waals surface area contributed by atoms with Crippen LogP contribution in [0.2, 0.25) is 5.02 Å². The van der Waals surface area contributed by atoms with Crippen molar-refractivity contribution in [3.63, 3.8) is 0 Å². The number of halogens is 1. The van der Waals surface area contributed by atoms with Gasteiger partial charge in [-0.05, 0) is 42.7 Å². The summed E-state index contributed by atoms with van der Waals surface area (Å²) in [6.07, 6.45) is 0.667. The molecule has 0 radical (unpaired) electrons. The number of rotatable bonds is 11. The quantitative estimate of drug-likeness (QED) is 0.369. The van der Waals surface area contributed by atoms with Crippen molar-refractivity contribution in [1.29, 1.82) is 0 Å². The summed E-state index contributed by atoms with van der Waals surface area (Å²) >= 11 is 6.43. The molecule has 1 N–H and O–H groups in total. The lowest BCUT2D eigenvalue weighted by atomic mass is 10.0. The molecule has 0 bridgehead atoms. The molecule has 4 rings (SSSR count). The lowest BCUT2D eigenvalue weighted by Gasteiger charge is -2.32. The van der Waals surface area contributed by atoms with Gasteiger partial charge in [0.1, 0.15) is 6.04 Å². The third-order valence-electron chi connectivity index (χ3n) is 6.57. The molecule has 3 aromatic rings. The van der Waals surface area contributed by atoms with Crippen molar-refractivity contribution in [3.8, 4) is 0 Å². The number of carbonyl (C=O) groups is 4. The molecule has 0 saturated carbocycles. The minimum atomic E-state index is -0.763. The third-order valence-corrected chi connectivity index (χ3v) is 6.94. The summed E-state index contributed by atoms with van der Waals surface area (Å²) in [6.45, 7) is 2.53. The second kappa shape index (κ2) is 12.5. The zero-order valence-corrected chi connectivity index (χ0v) is 22.0. The molecule has 4 amide bonds. The van der Waals surface area contributed by atoms with Gasteiger partial charge in [0.05, 0.1) is 11.1 Å². The lowest BCUT2D eigenvalue weighted by Crippen LogP contribution is -2.50. The van der Waals surface area contributed by atoms with Gasteiger partial charge in [0.15, 0.2) is 0 Å². The van der Waals surface area contributed by atoms with E-state index in [1.165, 1.54) is 4.90 Å². The van der Waals surface area contributed by atoms with Crippen LogP contribution in [0.15, 0.2) is 78.9 Å². The van der Waals surface area contributed by atoms with E-state index in [4.69, 9.17) is 11.6 Å². The van der Waals surface area contributed by atoms with Gasteiger partial charge in [0.25, 0.3) is 11.8 Å². The van der Waals surface area contributed by atoms with E-state index in [1.54, 1.807) is 35.2 Å². The monoisotopic (exact) mass is 531 g/mol. The van der Waals surface area contributed by atoms with Gasteiger partial charge < -0.3 is 10.2 Å². The third kappa shape index (κ3) is 6.11. The molecule has 196 valence electrons. The Morgan fingerprint density at radius 3 is 2.13 bits per heavy atom. The summed E-state index contributed by atoms with van der Waals surface area (Å²) in [5.74, 6) is -1.21. The molecule has 0 aliphatic carbocycles. The molecular weight excluding hydrogens is 502 g/mol. The predicted molar refractivity (Wildman–Crippen MR) is 146 cm³/mol. The van der Waals surface area contributed by atoms with Crippen molar-refractivity contribution in [2.75, 3.05) is 13.1 Å². The van der Waals surface area contributed by atoms with E-state index in [-0.39, 0.29) is 49.6 Å². The second-order valence-electron chi connectivity index (χ2n) is 9.12. The molecule has 0 aromatic heterocycles. The number of amides is 4. The Kier molecular flexibility index (Phi) is 8.92. The highest BCUT2D eigenvalue weighted by Crippen LogP contribution is 2.24. The molecule has 1 atom stereocenters. The van der Waals surface area contributed by atoms with Crippen molar-refractivity contribution in [1.82, 2.24) is 15.1 Å². The predicted octanol–water partition coefficient (Wildman–Crippen LogP) is 4.49. The lowest BCUT2D eigenvalue weighted by molar-refractivity contribution is -0.141. The molecule has 3 aromatic carbocycles. The van der Waals surface area contributed by atoms with Crippen LogP contribution in [0.5, 0.6) is 0 Å². The van der Waals surface area contributed by atoms with Gasteiger partial charge >= 0.3 is 0 Å². The molecule has 38 heavy (non-hydrogen) atoms. The average molecular weight is 532 g/mol. The Labute approximate surface area is 227 Å². The highest BCUT2D eigenvalue weighted by molar-refractivity contribution is 6.31. The zero-order valence-electron chi connectivity index (χ0n) is 21.2. The van der Waals surface area contributed by atoms with Crippen molar-refractivity contribution in [2.24, 2.45) is 0 Å². The highest BCUT2D eigenvalue weighted by Gasteiger charge is 2.35. The van der Waals surface area contributed by atoms with Gasteiger partial charge in [0, 0.05) is 37.5 Å². The summed E-state index contributed by atoms with van der Waals surface area (Å²) in [7, 11) is 0. The van der Waals surface area contributed by atoms with Crippen LogP contribution in [0.1, 0.15) is 51.6 Å². The fraction of sp³-hybridized carbons (Fsp3) is 0.267. The summed E-state index contributed by atoms with van der Waals surface area (Å²) in [5, 5.41) is 3.37. The van der Waals surface area contributed by atoms with Crippen LogP contribution in [0.3, 0.4) is 0 Å². The number of hydrogen-bond acceptors (Lipinski definition) is 4. The Bertz CT molecular complexity index is 1290. The summed E-state index contributed by atoms with van der Waals surface area (Å²) in [5.41, 5.74) is 2.41. The van der Waals surface area contributed by atoms with E-state index in [2.05, 4.69) is 5.32 Å². The molecule has 8 heteroatoms. The molecule has 1 aliphatic heterocycles. The Hall–Kier alpha value is -3.97. The molecule has 0 fully saturated rings. The maximum atomic E-state index is 13.7. The molecular formula is C30H30ClN3O4. The average Bonchev–Trinajstić information content (AvgIpc) is 3.17. The number of nitrogens with one attached hydrogen (secondary N) is 1. The molecule has 0 spiro atoms. The fourth-order valence-electron chi connectivity index (χ4n) is 4.63. The van der Waals surface area contributed by atoms with Crippen LogP contribution in [0, 0.1) is 0 Å².